The van der Waals surface area contributed by atoms with Gasteiger partial charge in [0.25, 0.3) is 0 Å². The first-order valence-electron chi connectivity index (χ1n) is 14.0. The lowest BCUT2D eigenvalue weighted by Gasteiger charge is -2.57. The molecule has 1 aromatic heterocycles. The zero-order valence-electron chi connectivity index (χ0n) is 21.3. The molecule has 1 heterocycles. The van der Waals surface area contributed by atoms with Gasteiger partial charge in [-0.25, -0.2) is 4.98 Å². The van der Waals surface area contributed by atoms with E-state index in [2.05, 4.69) is 11.4 Å². The summed E-state index contributed by atoms with van der Waals surface area (Å²) in [6.07, 6.45) is 20.0. The summed E-state index contributed by atoms with van der Waals surface area (Å²) in [5.74, 6) is 3.82. The number of aromatic nitrogens is 2. The van der Waals surface area contributed by atoms with Gasteiger partial charge < -0.3 is 10.4 Å². The van der Waals surface area contributed by atoms with Crippen molar-refractivity contribution in [3.8, 4) is 0 Å². The monoisotopic (exact) mass is 493 g/mol. The second-order valence-corrected chi connectivity index (χ2v) is 12.4. The van der Waals surface area contributed by atoms with Gasteiger partial charge in [0.15, 0.2) is 5.82 Å². The van der Waals surface area contributed by atoms with Crippen LogP contribution in [0.3, 0.4) is 0 Å². The summed E-state index contributed by atoms with van der Waals surface area (Å²) in [5, 5.41) is 13.2. The SMILES string of the molecule is O=C(/C=C/c1ccccc1)Nc1nc2c(nc1CC13CC4CC(CC(C4)C1)C3)C1C=CC(O)=CC1CC2. The summed E-state index contributed by atoms with van der Waals surface area (Å²) < 4.78 is 0. The number of carbonyl (C=O) groups excluding carboxylic acids is 1. The highest BCUT2D eigenvalue weighted by atomic mass is 16.3. The number of nitrogens with zero attached hydrogens (tertiary/aromatic N) is 2. The van der Waals surface area contributed by atoms with Crippen molar-refractivity contribution in [3.05, 3.63) is 83.0 Å². The minimum absolute atomic E-state index is 0.144. The number of hydrogen-bond acceptors (Lipinski definition) is 4. The number of anilines is 1. The highest BCUT2D eigenvalue weighted by Gasteiger charge is 2.51. The Balaban J connectivity index is 1.22. The number of allylic oxidation sites excluding steroid dienone is 3. The van der Waals surface area contributed by atoms with Gasteiger partial charge in [-0.1, -0.05) is 36.4 Å². The van der Waals surface area contributed by atoms with Crippen molar-refractivity contribution in [2.45, 2.75) is 63.7 Å². The van der Waals surface area contributed by atoms with Crippen molar-refractivity contribution >= 4 is 17.8 Å². The van der Waals surface area contributed by atoms with Crippen LogP contribution in [0.4, 0.5) is 5.82 Å². The average Bonchev–Trinajstić information content (AvgIpc) is 2.87. The van der Waals surface area contributed by atoms with Crippen molar-refractivity contribution in [2.75, 3.05) is 5.32 Å². The minimum atomic E-state index is -0.163. The molecule has 1 aromatic carbocycles. The molecule has 6 aliphatic rings. The molecule has 2 aromatic rings. The van der Waals surface area contributed by atoms with Gasteiger partial charge >= 0.3 is 0 Å². The van der Waals surface area contributed by atoms with Gasteiger partial charge in [0.1, 0.15) is 5.76 Å². The second-order valence-electron chi connectivity index (χ2n) is 12.4. The van der Waals surface area contributed by atoms with Gasteiger partial charge in [-0.3, -0.25) is 9.78 Å². The highest BCUT2D eigenvalue weighted by Crippen LogP contribution is 2.61. The number of carbonyl (C=O) groups is 1. The van der Waals surface area contributed by atoms with E-state index in [-0.39, 0.29) is 17.7 Å². The Kier molecular flexibility index (Phi) is 5.56. The standard InChI is InChI=1S/C32H35N3O2/c36-25-8-9-26-24(15-25)7-10-27-30(26)33-28(19-32-16-21-12-22(17-32)14-23(13-21)18-32)31(34-27)35-29(37)11-6-20-4-2-1-3-5-20/h1-6,8-9,11,15,21-24,26,36H,7,10,12-14,16-19H2,(H,34,35,37)/b11-6+. The normalized spacial score (nSPS) is 33.2. The zero-order valence-corrected chi connectivity index (χ0v) is 21.3. The van der Waals surface area contributed by atoms with E-state index in [1.807, 2.05) is 42.5 Å². The molecule has 1 amide bonds. The van der Waals surface area contributed by atoms with E-state index in [1.165, 1.54) is 38.5 Å². The molecule has 0 saturated heterocycles. The third kappa shape index (κ3) is 4.43. The fourth-order valence-corrected chi connectivity index (χ4v) is 8.53. The van der Waals surface area contributed by atoms with Crippen LogP contribution >= 0.6 is 0 Å². The Bertz CT molecular complexity index is 1270. The number of nitrogens with one attached hydrogen (secondary N) is 1. The maximum Gasteiger partial charge on any atom is 0.249 e. The summed E-state index contributed by atoms with van der Waals surface area (Å²) in [6.45, 7) is 0. The van der Waals surface area contributed by atoms with Crippen LogP contribution in [0.5, 0.6) is 0 Å². The molecule has 2 unspecified atom stereocenters. The van der Waals surface area contributed by atoms with E-state index in [0.29, 0.717) is 17.0 Å². The lowest BCUT2D eigenvalue weighted by molar-refractivity contribution is -0.111. The van der Waals surface area contributed by atoms with Gasteiger partial charge in [0.05, 0.1) is 17.1 Å². The maximum absolute atomic E-state index is 13.0. The predicted molar refractivity (Wildman–Crippen MR) is 145 cm³/mol. The summed E-state index contributed by atoms with van der Waals surface area (Å²) >= 11 is 0. The van der Waals surface area contributed by atoms with Crippen LogP contribution in [0.2, 0.25) is 0 Å². The molecule has 5 nitrogen and oxygen atoms in total. The molecular weight excluding hydrogens is 458 g/mol. The minimum Gasteiger partial charge on any atom is -0.508 e. The molecule has 8 rings (SSSR count). The molecule has 4 saturated carbocycles. The topological polar surface area (TPSA) is 75.1 Å². The Morgan fingerprint density at radius 1 is 1.05 bits per heavy atom. The summed E-state index contributed by atoms with van der Waals surface area (Å²) in [7, 11) is 0. The maximum atomic E-state index is 13.0. The number of fused-ring (bicyclic) bond motifs is 3. The zero-order chi connectivity index (χ0) is 25.0. The molecule has 2 N–H and O–H groups in total. The Morgan fingerprint density at radius 2 is 1.78 bits per heavy atom. The van der Waals surface area contributed by atoms with Crippen molar-refractivity contribution in [1.29, 1.82) is 0 Å². The van der Waals surface area contributed by atoms with Crippen LogP contribution < -0.4 is 5.32 Å². The third-order valence-electron chi connectivity index (χ3n) is 9.60. The first-order chi connectivity index (χ1) is 18.0. The lowest BCUT2D eigenvalue weighted by atomic mass is 9.48. The molecule has 6 aliphatic carbocycles. The quantitative estimate of drug-likeness (QED) is 0.464. The predicted octanol–water partition coefficient (Wildman–Crippen LogP) is 6.55. The van der Waals surface area contributed by atoms with Crippen molar-refractivity contribution in [2.24, 2.45) is 29.1 Å². The van der Waals surface area contributed by atoms with Crippen LogP contribution in [0.1, 0.15) is 73.5 Å². The third-order valence-corrected chi connectivity index (χ3v) is 9.60. The fraction of sp³-hybridized carbons (Fsp3) is 0.469. The highest BCUT2D eigenvalue weighted by molar-refractivity contribution is 6.01. The molecule has 0 radical (unpaired) electrons. The molecule has 37 heavy (non-hydrogen) atoms. The van der Waals surface area contributed by atoms with Crippen LogP contribution in [0, 0.1) is 29.1 Å². The van der Waals surface area contributed by atoms with Crippen LogP contribution in [0.25, 0.3) is 6.08 Å². The fourth-order valence-electron chi connectivity index (χ4n) is 8.53. The lowest BCUT2D eigenvalue weighted by Crippen LogP contribution is -2.47. The molecule has 0 spiro atoms. The molecule has 4 bridgehead atoms. The van der Waals surface area contributed by atoms with Gasteiger partial charge in [0, 0.05) is 12.0 Å². The van der Waals surface area contributed by atoms with E-state index in [9.17, 15) is 9.90 Å². The van der Waals surface area contributed by atoms with E-state index in [1.54, 1.807) is 12.2 Å². The van der Waals surface area contributed by atoms with E-state index < -0.39 is 0 Å². The first kappa shape index (κ1) is 22.9. The molecular formula is C32H35N3O2. The number of aliphatic hydroxyl groups is 1. The number of benzene rings is 1. The van der Waals surface area contributed by atoms with Crippen LogP contribution in [0.15, 0.2) is 60.4 Å². The molecule has 0 aliphatic heterocycles. The van der Waals surface area contributed by atoms with Crippen molar-refractivity contribution in [1.82, 2.24) is 9.97 Å². The summed E-state index contributed by atoms with van der Waals surface area (Å²) in [6, 6.07) is 9.89. The average molecular weight is 494 g/mol. The Morgan fingerprint density at radius 3 is 2.51 bits per heavy atom. The second kappa shape index (κ2) is 8.97. The number of amides is 1. The van der Waals surface area contributed by atoms with Crippen LogP contribution in [-0.4, -0.2) is 21.0 Å². The Hall–Kier alpha value is -3.21. The largest absolute Gasteiger partial charge is 0.508 e. The first-order valence-corrected chi connectivity index (χ1v) is 14.0. The summed E-state index contributed by atoms with van der Waals surface area (Å²) in [4.78, 5) is 23.4. The van der Waals surface area contributed by atoms with E-state index in [4.69, 9.17) is 9.97 Å². The number of hydrogen-bond donors (Lipinski definition) is 2. The van der Waals surface area contributed by atoms with E-state index in [0.717, 1.165) is 59.7 Å². The van der Waals surface area contributed by atoms with Crippen molar-refractivity contribution in [3.63, 3.8) is 0 Å². The number of aliphatic hydroxyl groups excluding tert-OH is 1. The van der Waals surface area contributed by atoms with Crippen LogP contribution in [-0.2, 0) is 17.6 Å². The van der Waals surface area contributed by atoms with Crippen molar-refractivity contribution < 1.29 is 9.90 Å². The van der Waals surface area contributed by atoms with Gasteiger partial charge in [-0.2, -0.15) is 0 Å². The molecule has 4 fully saturated rings. The summed E-state index contributed by atoms with van der Waals surface area (Å²) in [5.41, 5.74) is 4.27. The molecule has 2 atom stereocenters. The van der Waals surface area contributed by atoms with Gasteiger partial charge in [-0.15, -0.1) is 0 Å². The molecule has 5 heteroatoms. The molecule has 190 valence electrons. The van der Waals surface area contributed by atoms with Gasteiger partial charge in [-0.05, 0) is 111 Å². The Labute approximate surface area is 218 Å². The van der Waals surface area contributed by atoms with Gasteiger partial charge in [0.2, 0.25) is 5.91 Å². The van der Waals surface area contributed by atoms with E-state index >= 15 is 0 Å². The number of rotatable bonds is 5. The number of aryl methyl sites for hydroxylation is 1. The smallest absolute Gasteiger partial charge is 0.249 e.